The minimum atomic E-state index is -0.304. The number of benzene rings is 1. The summed E-state index contributed by atoms with van der Waals surface area (Å²) < 4.78 is 7.20. The molecule has 2 aromatic heterocycles. The molecule has 0 saturated carbocycles. The van der Waals surface area contributed by atoms with Gasteiger partial charge < -0.3 is 14.3 Å². The predicted octanol–water partition coefficient (Wildman–Crippen LogP) is 3.81. The Hall–Kier alpha value is -2.54. The fraction of sp³-hybridized carbons (Fsp3) is 0.278. The minimum Gasteiger partial charge on any atom is -0.469 e. The van der Waals surface area contributed by atoms with Gasteiger partial charge in [0.25, 0.3) is 0 Å². The lowest BCUT2D eigenvalue weighted by atomic mass is 10.2. The van der Waals surface area contributed by atoms with Crippen molar-refractivity contribution in [3.63, 3.8) is 0 Å². The van der Waals surface area contributed by atoms with Crippen LogP contribution >= 0.6 is 11.8 Å². The maximum atomic E-state index is 12.4. The molecule has 25 heavy (non-hydrogen) atoms. The van der Waals surface area contributed by atoms with Gasteiger partial charge in [0.05, 0.1) is 17.1 Å². The molecule has 0 bridgehead atoms. The molecule has 0 radical (unpaired) electrons. The summed E-state index contributed by atoms with van der Waals surface area (Å²) >= 11 is 1.37. The first-order valence-corrected chi connectivity index (χ1v) is 8.81. The molecule has 0 spiro atoms. The molecule has 0 unspecified atom stereocenters. The molecular weight excluding hydrogens is 336 g/mol. The van der Waals surface area contributed by atoms with Crippen LogP contribution in [0.4, 0.5) is 5.69 Å². The average Bonchev–Trinajstić information content (AvgIpc) is 3.13. The molecule has 0 saturated heterocycles. The number of carbonyl (C=O) groups excluding carboxylic acids is 1. The second-order valence-electron chi connectivity index (χ2n) is 5.87. The zero-order valence-corrected chi connectivity index (χ0v) is 15.4. The smallest absolute Gasteiger partial charge is 0.237 e. The standard InChI is InChI=1S/C18H20N4O2S/c1-11-6-5-7-14(10-11)19-17(23)13(3)25-18-21-20-16(22(18)4)15-8-9-24-12(15)2/h5-10,13H,1-4H3,(H,19,23)/t13-/m0/s1. The van der Waals surface area contributed by atoms with Crippen LogP contribution in [0.15, 0.2) is 46.2 Å². The largest absolute Gasteiger partial charge is 0.469 e. The average molecular weight is 356 g/mol. The van der Waals surface area contributed by atoms with E-state index in [1.807, 2.05) is 62.7 Å². The Labute approximate surface area is 150 Å². The Kier molecular flexibility index (Phi) is 4.94. The van der Waals surface area contributed by atoms with Crippen molar-refractivity contribution in [3.05, 3.63) is 47.9 Å². The molecule has 0 aliphatic rings. The van der Waals surface area contributed by atoms with E-state index in [4.69, 9.17) is 4.42 Å². The molecule has 2 heterocycles. The Balaban J connectivity index is 1.71. The number of rotatable bonds is 5. The molecule has 1 aromatic carbocycles. The third-order valence-electron chi connectivity index (χ3n) is 3.87. The number of anilines is 1. The first kappa shape index (κ1) is 17.3. The molecule has 3 aromatic rings. The van der Waals surface area contributed by atoms with Crippen LogP contribution in [0.5, 0.6) is 0 Å². The molecule has 0 aliphatic carbocycles. The van der Waals surface area contributed by atoms with Crippen LogP contribution in [-0.2, 0) is 11.8 Å². The number of aromatic nitrogens is 3. The number of aryl methyl sites for hydroxylation is 2. The molecular formula is C18H20N4O2S. The predicted molar refractivity (Wildman–Crippen MR) is 98.6 cm³/mol. The molecule has 1 atom stereocenters. The molecule has 6 nitrogen and oxygen atoms in total. The van der Waals surface area contributed by atoms with E-state index in [1.54, 1.807) is 6.26 Å². The highest BCUT2D eigenvalue weighted by Crippen LogP contribution is 2.28. The van der Waals surface area contributed by atoms with Gasteiger partial charge in [0.2, 0.25) is 5.91 Å². The van der Waals surface area contributed by atoms with Crippen LogP contribution in [0.25, 0.3) is 11.4 Å². The lowest BCUT2D eigenvalue weighted by molar-refractivity contribution is -0.115. The van der Waals surface area contributed by atoms with E-state index in [2.05, 4.69) is 15.5 Å². The van der Waals surface area contributed by atoms with Crippen LogP contribution in [0, 0.1) is 13.8 Å². The number of hydrogen-bond acceptors (Lipinski definition) is 5. The van der Waals surface area contributed by atoms with Crippen LogP contribution < -0.4 is 5.32 Å². The third-order valence-corrected chi connectivity index (χ3v) is 5.01. The fourth-order valence-electron chi connectivity index (χ4n) is 2.45. The summed E-state index contributed by atoms with van der Waals surface area (Å²) in [5.41, 5.74) is 2.80. The van der Waals surface area contributed by atoms with Gasteiger partial charge in [-0.25, -0.2) is 0 Å². The third kappa shape index (κ3) is 3.76. The highest BCUT2D eigenvalue weighted by atomic mass is 32.2. The Morgan fingerprint density at radius 3 is 2.76 bits per heavy atom. The van der Waals surface area contributed by atoms with E-state index < -0.39 is 0 Å². The fourth-order valence-corrected chi connectivity index (χ4v) is 3.26. The van der Waals surface area contributed by atoms with E-state index in [0.717, 1.165) is 28.4 Å². The lowest BCUT2D eigenvalue weighted by Crippen LogP contribution is -2.22. The normalized spacial score (nSPS) is 12.2. The van der Waals surface area contributed by atoms with Crippen LogP contribution in [-0.4, -0.2) is 25.9 Å². The molecule has 130 valence electrons. The van der Waals surface area contributed by atoms with Crippen LogP contribution in [0.2, 0.25) is 0 Å². The van der Waals surface area contributed by atoms with Crippen molar-refractivity contribution >= 4 is 23.4 Å². The van der Waals surface area contributed by atoms with Crippen LogP contribution in [0.1, 0.15) is 18.2 Å². The number of furan rings is 1. The Bertz CT molecular complexity index is 900. The lowest BCUT2D eigenvalue weighted by Gasteiger charge is -2.12. The van der Waals surface area contributed by atoms with Crippen molar-refractivity contribution in [1.82, 2.24) is 14.8 Å². The van der Waals surface area contributed by atoms with Gasteiger partial charge in [0.1, 0.15) is 5.76 Å². The van der Waals surface area contributed by atoms with Crippen molar-refractivity contribution in [2.24, 2.45) is 7.05 Å². The van der Waals surface area contributed by atoms with Gasteiger partial charge in [-0.1, -0.05) is 23.9 Å². The zero-order chi connectivity index (χ0) is 18.0. The monoisotopic (exact) mass is 356 g/mol. The maximum absolute atomic E-state index is 12.4. The second-order valence-corrected chi connectivity index (χ2v) is 7.18. The van der Waals surface area contributed by atoms with Crippen molar-refractivity contribution < 1.29 is 9.21 Å². The number of hydrogen-bond donors (Lipinski definition) is 1. The second kappa shape index (κ2) is 7.14. The number of thioether (sulfide) groups is 1. The van der Waals surface area contributed by atoms with Crippen molar-refractivity contribution in [1.29, 1.82) is 0 Å². The summed E-state index contributed by atoms with van der Waals surface area (Å²) in [6.45, 7) is 5.73. The molecule has 1 amide bonds. The van der Waals surface area contributed by atoms with Gasteiger partial charge in [0, 0.05) is 12.7 Å². The molecule has 3 rings (SSSR count). The summed E-state index contributed by atoms with van der Waals surface area (Å²) in [7, 11) is 1.88. The first-order valence-electron chi connectivity index (χ1n) is 7.93. The van der Waals surface area contributed by atoms with Crippen molar-refractivity contribution in [3.8, 4) is 11.4 Å². The quantitative estimate of drug-likeness (QED) is 0.704. The van der Waals surface area contributed by atoms with E-state index in [1.165, 1.54) is 11.8 Å². The minimum absolute atomic E-state index is 0.0698. The number of nitrogens with zero attached hydrogens (tertiary/aromatic N) is 3. The summed E-state index contributed by atoms with van der Waals surface area (Å²) in [4.78, 5) is 12.4. The SMILES string of the molecule is Cc1cccc(NC(=O)[C@H](C)Sc2nnc(-c3ccoc3C)n2C)c1. The number of carbonyl (C=O) groups is 1. The van der Waals surface area contributed by atoms with Gasteiger partial charge in [-0.15, -0.1) is 10.2 Å². The molecule has 1 N–H and O–H groups in total. The summed E-state index contributed by atoms with van der Waals surface area (Å²) in [6, 6.07) is 9.60. The van der Waals surface area contributed by atoms with E-state index in [0.29, 0.717) is 5.16 Å². The Morgan fingerprint density at radius 2 is 2.08 bits per heavy atom. The number of nitrogens with one attached hydrogen (secondary N) is 1. The zero-order valence-electron chi connectivity index (χ0n) is 14.6. The topological polar surface area (TPSA) is 73.0 Å². The van der Waals surface area contributed by atoms with Crippen LogP contribution in [0.3, 0.4) is 0 Å². The van der Waals surface area contributed by atoms with E-state index >= 15 is 0 Å². The van der Waals surface area contributed by atoms with Crippen molar-refractivity contribution in [2.75, 3.05) is 5.32 Å². The number of amides is 1. The van der Waals surface area contributed by atoms with Gasteiger partial charge in [-0.05, 0) is 44.5 Å². The Morgan fingerprint density at radius 1 is 1.28 bits per heavy atom. The summed E-state index contributed by atoms with van der Waals surface area (Å²) in [6.07, 6.45) is 1.63. The maximum Gasteiger partial charge on any atom is 0.237 e. The van der Waals surface area contributed by atoms with Crippen molar-refractivity contribution in [2.45, 2.75) is 31.2 Å². The first-order chi connectivity index (χ1) is 12.0. The molecule has 0 fully saturated rings. The highest BCUT2D eigenvalue weighted by molar-refractivity contribution is 8.00. The van der Waals surface area contributed by atoms with Gasteiger partial charge >= 0.3 is 0 Å². The van der Waals surface area contributed by atoms with Gasteiger partial charge in [-0.3, -0.25) is 4.79 Å². The highest BCUT2D eigenvalue weighted by Gasteiger charge is 2.20. The summed E-state index contributed by atoms with van der Waals surface area (Å²) in [5, 5.41) is 11.8. The summed E-state index contributed by atoms with van der Waals surface area (Å²) in [5.74, 6) is 1.44. The van der Waals surface area contributed by atoms with E-state index in [-0.39, 0.29) is 11.2 Å². The van der Waals surface area contributed by atoms with E-state index in [9.17, 15) is 4.79 Å². The molecule has 0 aliphatic heterocycles. The van der Waals surface area contributed by atoms with Gasteiger partial charge in [-0.2, -0.15) is 0 Å². The molecule has 7 heteroatoms. The van der Waals surface area contributed by atoms with Gasteiger partial charge in [0.15, 0.2) is 11.0 Å².